The van der Waals surface area contributed by atoms with Gasteiger partial charge in [0.1, 0.15) is 0 Å². The van der Waals surface area contributed by atoms with Gasteiger partial charge in [-0.15, -0.1) is 0 Å². The van der Waals surface area contributed by atoms with Crippen molar-refractivity contribution in [1.82, 2.24) is 4.90 Å². The normalized spacial score (nSPS) is 35.0. The molecule has 0 amide bonds. The summed E-state index contributed by atoms with van der Waals surface area (Å²) in [6.45, 7) is 10.7. The van der Waals surface area contributed by atoms with Crippen LogP contribution in [0.2, 0.25) is 0 Å². The summed E-state index contributed by atoms with van der Waals surface area (Å²) in [5, 5.41) is 0. The molecule has 4 atom stereocenters. The van der Waals surface area contributed by atoms with Crippen molar-refractivity contribution in [3.8, 4) is 0 Å². The maximum Gasteiger partial charge on any atom is 0.0246 e. The molecular formula is C18H36N2. The zero-order chi connectivity index (χ0) is 14.5. The fourth-order valence-corrected chi connectivity index (χ4v) is 4.61. The Labute approximate surface area is 126 Å². The van der Waals surface area contributed by atoms with Crippen molar-refractivity contribution >= 4 is 0 Å². The first-order valence-corrected chi connectivity index (χ1v) is 9.06. The third-order valence-electron chi connectivity index (χ3n) is 5.98. The van der Waals surface area contributed by atoms with Gasteiger partial charge in [-0.25, -0.2) is 0 Å². The average Bonchev–Trinajstić information content (AvgIpc) is 2.66. The second-order valence-corrected chi connectivity index (χ2v) is 7.81. The van der Waals surface area contributed by atoms with Gasteiger partial charge in [0.25, 0.3) is 0 Å². The van der Waals surface area contributed by atoms with Gasteiger partial charge in [-0.3, -0.25) is 4.90 Å². The first-order chi connectivity index (χ1) is 9.61. The molecule has 0 radical (unpaired) electrons. The van der Waals surface area contributed by atoms with Crippen LogP contribution in [0.15, 0.2) is 0 Å². The second-order valence-electron chi connectivity index (χ2n) is 7.81. The van der Waals surface area contributed by atoms with Crippen LogP contribution in [0, 0.1) is 23.7 Å². The first kappa shape index (κ1) is 16.3. The fourth-order valence-electron chi connectivity index (χ4n) is 4.61. The Bertz CT molecular complexity index is 277. The van der Waals surface area contributed by atoms with Gasteiger partial charge in [-0.2, -0.15) is 0 Å². The van der Waals surface area contributed by atoms with E-state index >= 15 is 0 Å². The maximum absolute atomic E-state index is 6.18. The van der Waals surface area contributed by atoms with Gasteiger partial charge >= 0.3 is 0 Å². The molecule has 118 valence electrons. The lowest BCUT2D eigenvalue weighted by molar-refractivity contribution is 0.109. The minimum Gasteiger partial charge on any atom is -0.329 e. The molecule has 1 saturated heterocycles. The molecular weight excluding hydrogens is 244 g/mol. The highest BCUT2D eigenvalue weighted by molar-refractivity contribution is 4.86. The van der Waals surface area contributed by atoms with Crippen molar-refractivity contribution in [2.24, 2.45) is 29.4 Å². The predicted molar refractivity (Wildman–Crippen MR) is 87.7 cm³/mol. The standard InChI is InChI=1S/C18H36N2/c1-14(2)16-8-5-10-20(11-9-16)18(13-19)17-7-4-6-15(3)12-17/h14-18H,4-13,19H2,1-3H3. The third kappa shape index (κ3) is 4.21. The van der Waals surface area contributed by atoms with E-state index in [1.54, 1.807) is 0 Å². The molecule has 2 aliphatic rings. The average molecular weight is 280 g/mol. The van der Waals surface area contributed by atoms with Crippen LogP contribution in [-0.4, -0.2) is 30.6 Å². The number of rotatable bonds is 4. The molecule has 0 bridgehead atoms. The van der Waals surface area contributed by atoms with Crippen molar-refractivity contribution in [3.05, 3.63) is 0 Å². The zero-order valence-corrected chi connectivity index (χ0v) is 14.0. The highest BCUT2D eigenvalue weighted by Gasteiger charge is 2.31. The molecule has 2 nitrogen and oxygen atoms in total. The van der Waals surface area contributed by atoms with Gasteiger partial charge in [0.05, 0.1) is 0 Å². The quantitative estimate of drug-likeness (QED) is 0.846. The Kier molecular flexibility index (Phi) is 6.35. The Morgan fingerprint density at radius 3 is 2.40 bits per heavy atom. The van der Waals surface area contributed by atoms with E-state index in [9.17, 15) is 0 Å². The third-order valence-corrected chi connectivity index (χ3v) is 5.98. The summed E-state index contributed by atoms with van der Waals surface area (Å²) in [6, 6.07) is 0.656. The summed E-state index contributed by atoms with van der Waals surface area (Å²) >= 11 is 0. The Morgan fingerprint density at radius 1 is 1.00 bits per heavy atom. The summed E-state index contributed by atoms with van der Waals surface area (Å²) < 4.78 is 0. The van der Waals surface area contributed by atoms with E-state index in [0.717, 1.165) is 30.2 Å². The van der Waals surface area contributed by atoms with E-state index in [1.807, 2.05) is 0 Å². The number of hydrogen-bond donors (Lipinski definition) is 1. The molecule has 1 aliphatic heterocycles. The van der Waals surface area contributed by atoms with Crippen molar-refractivity contribution < 1.29 is 0 Å². The van der Waals surface area contributed by atoms with Crippen molar-refractivity contribution in [1.29, 1.82) is 0 Å². The minimum atomic E-state index is 0.656. The Balaban J connectivity index is 1.93. The molecule has 2 rings (SSSR count). The van der Waals surface area contributed by atoms with Crippen LogP contribution in [0.3, 0.4) is 0 Å². The van der Waals surface area contributed by atoms with Crippen LogP contribution >= 0.6 is 0 Å². The van der Waals surface area contributed by atoms with E-state index in [0.29, 0.717) is 6.04 Å². The predicted octanol–water partition coefficient (Wildman–Crippen LogP) is 3.90. The second kappa shape index (κ2) is 7.79. The van der Waals surface area contributed by atoms with Crippen LogP contribution in [0.25, 0.3) is 0 Å². The largest absolute Gasteiger partial charge is 0.329 e. The molecule has 20 heavy (non-hydrogen) atoms. The highest BCUT2D eigenvalue weighted by Crippen LogP contribution is 2.34. The summed E-state index contributed by atoms with van der Waals surface area (Å²) in [7, 11) is 0. The summed E-state index contributed by atoms with van der Waals surface area (Å²) in [5.74, 6) is 3.56. The fraction of sp³-hybridized carbons (Fsp3) is 1.00. The zero-order valence-electron chi connectivity index (χ0n) is 14.0. The van der Waals surface area contributed by atoms with E-state index < -0.39 is 0 Å². The number of nitrogens with two attached hydrogens (primary N) is 1. The van der Waals surface area contributed by atoms with Gasteiger partial charge in [-0.1, -0.05) is 33.6 Å². The van der Waals surface area contributed by atoms with Gasteiger partial charge in [0.15, 0.2) is 0 Å². The lowest BCUT2D eigenvalue weighted by Crippen LogP contribution is -2.47. The molecule has 4 unspecified atom stereocenters. The molecule has 0 aromatic rings. The van der Waals surface area contributed by atoms with E-state index in [2.05, 4.69) is 25.7 Å². The Hall–Kier alpha value is -0.0800. The van der Waals surface area contributed by atoms with E-state index in [4.69, 9.17) is 5.73 Å². The molecule has 0 aromatic carbocycles. The first-order valence-electron chi connectivity index (χ1n) is 9.06. The monoisotopic (exact) mass is 280 g/mol. The maximum atomic E-state index is 6.18. The van der Waals surface area contributed by atoms with E-state index in [1.165, 1.54) is 58.0 Å². The molecule has 2 fully saturated rings. The Morgan fingerprint density at radius 2 is 1.75 bits per heavy atom. The van der Waals surface area contributed by atoms with Crippen molar-refractivity contribution in [2.45, 2.75) is 71.8 Å². The van der Waals surface area contributed by atoms with Crippen LogP contribution in [0.4, 0.5) is 0 Å². The molecule has 1 heterocycles. The van der Waals surface area contributed by atoms with Crippen LogP contribution in [0.1, 0.15) is 65.7 Å². The number of nitrogens with zero attached hydrogens (tertiary/aromatic N) is 1. The van der Waals surface area contributed by atoms with Gasteiger partial charge in [-0.05, 0) is 68.9 Å². The van der Waals surface area contributed by atoms with Gasteiger partial charge < -0.3 is 5.73 Å². The summed E-state index contributed by atoms with van der Waals surface area (Å²) in [4.78, 5) is 2.76. The minimum absolute atomic E-state index is 0.656. The summed E-state index contributed by atoms with van der Waals surface area (Å²) in [6.07, 6.45) is 9.86. The van der Waals surface area contributed by atoms with Crippen LogP contribution in [-0.2, 0) is 0 Å². The number of hydrogen-bond acceptors (Lipinski definition) is 2. The van der Waals surface area contributed by atoms with Gasteiger partial charge in [0.2, 0.25) is 0 Å². The molecule has 1 saturated carbocycles. The molecule has 1 aliphatic carbocycles. The molecule has 0 aromatic heterocycles. The summed E-state index contributed by atoms with van der Waals surface area (Å²) in [5.41, 5.74) is 6.18. The van der Waals surface area contributed by atoms with Gasteiger partial charge in [0, 0.05) is 12.6 Å². The van der Waals surface area contributed by atoms with Crippen molar-refractivity contribution in [2.75, 3.05) is 19.6 Å². The van der Waals surface area contributed by atoms with Crippen molar-refractivity contribution in [3.63, 3.8) is 0 Å². The van der Waals surface area contributed by atoms with E-state index in [-0.39, 0.29) is 0 Å². The topological polar surface area (TPSA) is 29.3 Å². The lowest BCUT2D eigenvalue weighted by atomic mass is 9.78. The van der Waals surface area contributed by atoms with Crippen LogP contribution < -0.4 is 5.73 Å². The molecule has 0 spiro atoms. The smallest absolute Gasteiger partial charge is 0.0246 e. The highest BCUT2D eigenvalue weighted by atomic mass is 15.2. The number of likely N-dealkylation sites (tertiary alicyclic amines) is 1. The SMILES string of the molecule is CC1CCCC(C(CN)N2CCCC(C(C)C)CC2)C1. The molecule has 2 heteroatoms. The lowest BCUT2D eigenvalue weighted by Gasteiger charge is -2.39. The molecule has 2 N–H and O–H groups in total. The van der Waals surface area contributed by atoms with Crippen LogP contribution in [0.5, 0.6) is 0 Å².